The van der Waals surface area contributed by atoms with Crippen LogP contribution in [0.5, 0.6) is 17.2 Å². The summed E-state index contributed by atoms with van der Waals surface area (Å²) in [6.07, 6.45) is 0. The molecule has 0 bridgehead atoms. The highest BCUT2D eigenvalue weighted by molar-refractivity contribution is 7.99. The van der Waals surface area contributed by atoms with Crippen LogP contribution in [0.15, 0.2) is 46.2 Å². The molecule has 0 spiro atoms. The third-order valence-electron chi connectivity index (χ3n) is 2.75. The second-order valence-corrected chi connectivity index (χ2v) is 5.09. The first-order chi connectivity index (χ1) is 10.1. The summed E-state index contributed by atoms with van der Waals surface area (Å²) in [5, 5.41) is 21.0. The maximum atomic E-state index is 11.2. The molecule has 21 heavy (non-hydrogen) atoms. The molecule has 0 radical (unpaired) electrons. The Kier molecular flexibility index (Phi) is 4.54. The van der Waals surface area contributed by atoms with Crippen molar-refractivity contribution < 1.29 is 19.5 Å². The van der Waals surface area contributed by atoms with E-state index in [0.29, 0.717) is 15.5 Å². The number of ether oxygens (including phenoxy) is 2. The summed E-state index contributed by atoms with van der Waals surface area (Å²) < 4.78 is 10.2. The molecule has 0 saturated carbocycles. The first-order valence-electron chi connectivity index (χ1n) is 5.93. The van der Waals surface area contributed by atoms with Gasteiger partial charge in [-0.15, -0.1) is 0 Å². The van der Waals surface area contributed by atoms with Crippen molar-refractivity contribution in [2.45, 2.75) is 9.79 Å². The Morgan fingerprint density at radius 2 is 1.71 bits per heavy atom. The zero-order valence-electron chi connectivity index (χ0n) is 11.4. The van der Waals surface area contributed by atoms with Crippen LogP contribution in [0.3, 0.4) is 0 Å². The molecule has 7 heteroatoms. The number of para-hydroxylation sites is 1. The van der Waals surface area contributed by atoms with Crippen molar-refractivity contribution >= 4 is 17.4 Å². The standard InChI is InChI=1S/C14H13NO5S/c1-19-11-7-9(15(17)18)14(8-12(11)20-2)21-13-6-4-3-5-10(13)16/h3-8,16H,1-2H3. The van der Waals surface area contributed by atoms with Gasteiger partial charge in [0.25, 0.3) is 5.69 Å². The molecule has 0 amide bonds. The summed E-state index contributed by atoms with van der Waals surface area (Å²) in [4.78, 5) is 11.6. The number of rotatable bonds is 5. The highest BCUT2D eigenvalue weighted by Gasteiger charge is 2.21. The van der Waals surface area contributed by atoms with Crippen LogP contribution in [0.4, 0.5) is 5.69 Å². The number of nitro groups is 1. The fourth-order valence-electron chi connectivity index (χ4n) is 1.74. The Labute approximate surface area is 125 Å². The number of phenols is 1. The van der Waals surface area contributed by atoms with E-state index in [-0.39, 0.29) is 17.2 Å². The minimum atomic E-state index is -0.496. The summed E-state index contributed by atoms with van der Waals surface area (Å²) >= 11 is 1.09. The van der Waals surface area contributed by atoms with Crippen LogP contribution < -0.4 is 9.47 Å². The van der Waals surface area contributed by atoms with E-state index in [1.165, 1.54) is 32.4 Å². The molecule has 0 heterocycles. The maximum Gasteiger partial charge on any atom is 0.287 e. The predicted molar refractivity (Wildman–Crippen MR) is 78.4 cm³/mol. The second-order valence-electron chi connectivity index (χ2n) is 4.00. The Morgan fingerprint density at radius 1 is 1.10 bits per heavy atom. The number of hydrogen-bond donors (Lipinski definition) is 1. The molecule has 0 aromatic heterocycles. The van der Waals surface area contributed by atoms with Crippen LogP contribution in [0.1, 0.15) is 0 Å². The van der Waals surface area contributed by atoms with E-state index in [9.17, 15) is 15.2 Å². The molecule has 2 aromatic carbocycles. The number of nitrogens with zero attached hydrogens (tertiary/aromatic N) is 1. The Bertz CT molecular complexity index is 674. The molecular formula is C14H13NO5S. The molecule has 0 fully saturated rings. The molecule has 0 unspecified atom stereocenters. The first kappa shape index (κ1) is 15.0. The molecule has 0 aliphatic carbocycles. The lowest BCUT2D eigenvalue weighted by Crippen LogP contribution is -1.96. The highest BCUT2D eigenvalue weighted by atomic mass is 32.2. The first-order valence-corrected chi connectivity index (χ1v) is 6.74. The number of methoxy groups -OCH3 is 2. The monoisotopic (exact) mass is 307 g/mol. The van der Waals surface area contributed by atoms with E-state index < -0.39 is 4.92 Å². The van der Waals surface area contributed by atoms with E-state index in [2.05, 4.69) is 0 Å². The minimum Gasteiger partial charge on any atom is -0.507 e. The van der Waals surface area contributed by atoms with Crippen molar-refractivity contribution in [1.29, 1.82) is 0 Å². The number of aromatic hydroxyl groups is 1. The van der Waals surface area contributed by atoms with Gasteiger partial charge < -0.3 is 14.6 Å². The van der Waals surface area contributed by atoms with Crippen LogP contribution >= 0.6 is 11.8 Å². The zero-order chi connectivity index (χ0) is 15.4. The fraction of sp³-hybridized carbons (Fsp3) is 0.143. The molecule has 1 N–H and O–H groups in total. The lowest BCUT2D eigenvalue weighted by molar-refractivity contribution is -0.387. The van der Waals surface area contributed by atoms with Gasteiger partial charge in [-0.2, -0.15) is 0 Å². The van der Waals surface area contributed by atoms with Crippen LogP contribution in [-0.2, 0) is 0 Å². The van der Waals surface area contributed by atoms with Crippen molar-refractivity contribution in [2.75, 3.05) is 14.2 Å². The third-order valence-corrected chi connectivity index (χ3v) is 3.86. The summed E-state index contributed by atoms with van der Waals surface area (Å²) in [6, 6.07) is 9.46. The molecular weight excluding hydrogens is 294 g/mol. The normalized spacial score (nSPS) is 10.2. The Balaban J connectivity index is 2.51. The molecule has 110 valence electrons. The summed E-state index contributed by atoms with van der Waals surface area (Å²) in [5.74, 6) is 0.735. The quantitative estimate of drug-likeness (QED) is 0.673. The average molecular weight is 307 g/mol. The van der Waals surface area contributed by atoms with Crippen LogP contribution in [0.25, 0.3) is 0 Å². The molecule has 0 aliphatic rings. The molecule has 0 atom stereocenters. The minimum absolute atomic E-state index is 0.0617. The number of phenolic OH excluding ortho intramolecular Hbond substituents is 1. The Morgan fingerprint density at radius 3 is 2.29 bits per heavy atom. The van der Waals surface area contributed by atoms with Gasteiger partial charge in [0, 0.05) is 6.07 Å². The largest absolute Gasteiger partial charge is 0.507 e. The Hall–Kier alpha value is -2.41. The fourth-order valence-corrected chi connectivity index (χ4v) is 2.70. The lowest BCUT2D eigenvalue weighted by atomic mass is 10.3. The van der Waals surface area contributed by atoms with Gasteiger partial charge in [0.2, 0.25) is 0 Å². The van der Waals surface area contributed by atoms with Crippen LogP contribution in [0, 0.1) is 10.1 Å². The van der Waals surface area contributed by atoms with E-state index in [1.807, 2.05) is 0 Å². The van der Waals surface area contributed by atoms with Crippen molar-refractivity contribution in [3.63, 3.8) is 0 Å². The number of hydrogen-bond acceptors (Lipinski definition) is 6. The van der Waals surface area contributed by atoms with Gasteiger partial charge >= 0.3 is 0 Å². The summed E-state index contributed by atoms with van der Waals surface area (Å²) in [6.45, 7) is 0. The molecule has 2 rings (SSSR count). The third kappa shape index (κ3) is 3.19. The molecule has 6 nitrogen and oxygen atoms in total. The van der Waals surface area contributed by atoms with Crippen molar-refractivity contribution in [3.05, 3.63) is 46.5 Å². The number of nitro benzene ring substituents is 1. The predicted octanol–water partition coefficient (Wildman–Crippen LogP) is 3.47. The lowest BCUT2D eigenvalue weighted by Gasteiger charge is -2.10. The van der Waals surface area contributed by atoms with E-state index in [4.69, 9.17) is 9.47 Å². The van der Waals surface area contributed by atoms with Crippen molar-refractivity contribution in [3.8, 4) is 17.2 Å². The van der Waals surface area contributed by atoms with Gasteiger partial charge in [-0.05, 0) is 12.1 Å². The average Bonchev–Trinajstić information content (AvgIpc) is 2.48. The summed E-state index contributed by atoms with van der Waals surface area (Å²) in [7, 11) is 2.87. The van der Waals surface area contributed by atoms with Crippen LogP contribution in [0.2, 0.25) is 0 Å². The summed E-state index contributed by atoms with van der Waals surface area (Å²) in [5.41, 5.74) is -0.110. The topological polar surface area (TPSA) is 81.8 Å². The van der Waals surface area contributed by atoms with Crippen molar-refractivity contribution in [1.82, 2.24) is 0 Å². The molecule has 0 aliphatic heterocycles. The van der Waals surface area contributed by atoms with Crippen molar-refractivity contribution in [2.24, 2.45) is 0 Å². The number of benzene rings is 2. The maximum absolute atomic E-state index is 11.2. The van der Waals surface area contributed by atoms with E-state index >= 15 is 0 Å². The zero-order valence-corrected chi connectivity index (χ0v) is 12.2. The van der Waals surface area contributed by atoms with Gasteiger partial charge in [0.05, 0.1) is 35.0 Å². The molecule has 2 aromatic rings. The van der Waals surface area contributed by atoms with Gasteiger partial charge in [0.1, 0.15) is 5.75 Å². The van der Waals surface area contributed by atoms with Crippen LogP contribution in [-0.4, -0.2) is 24.2 Å². The van der Waals surface area contributed by atoms with E-state index in [0.717, 1.165) is 11.8 Å². The highest BCUT2D eigenvalue weighted by Crippen LogP contribution is 2.43. The van der Waals surface area contributed by atoms with E-state index in [1.54, 1.807) is 18.2 Å². The second kappa shape index (κ2) is 6.36. The molecule has 0 saturated heterocycles. The van der Waals surface area contributed by atoms with Gasteiger partial charge in [-0.1, -0.05) is 23.9 Å². The smallest absolute Gasteiger partial charge is 0.287 e. The van der Waals surface area contributed by atoms with Gasteiger partial charge in [-0.3, -0.25) is 10.1 Å². The van der Waals surface area contributed by atoms with Gasteiger partial charge in [-0.25, -0.2) is 0 Å². The SMILES string of the molecule is COc1cc(Sc2ccccc2O)c([N+](=O)[O-])cc1OC. The van der Waals surface area contributed by atoms with Gasteiger partial charge in [0.15, 0.2) is 11.5 Å².